The summed E-state index contributed by atoms with van der Waals surface area (Å²) in [4.78, 5) is 18.8. The quantitative estimate of drug-likeness (QED) is 0.864. The van der Waals surface area contributed by atoms with E-state index >= 15 is 0 Å². The smallest absolute Gasteiger partial charge is 0.269 e. The maximum Gasteiger partial charge on any atom is 0.269 e. The van der Waals surface area contributed by atoms with Gasteiger partial charge in [-0.25, -0.2) is 4.98 Å². The molecule has 0 unspecified atom stereocenters. The second-order valence-electron chi connectivity index (χ2n) is 3.88. The van der Waals surface area contributed by atoms with Gasteiger partial charge in [0.1, 0.15) is 4.88 Å². The van der Waals surface area contributed by atoms with E-state index in [1.165, 1.54) is 11.3 Å². The van der Waals surface area contributed by atoms with Crippen molar-refractivity contribution >= 4 is 28.6 Å². The molecule has 5 heteroatoms. The van der Waals surface area contributed by atoms with E-state index in [1.807, 2.05) is 26.0 Å². The first-order valence-electron chi connectivity index (χ1n) is 5.71. The topological polar surface area (TPSA) is 59.2 Å². The van der Waals surface area contributed by atoms with E-state index in [9.17, 15) is 4.79 Å². The van der Waals surface area contributed by atoms with Crippen LogP contribution in [0.1, 0.15) is 21.6 Å². The average Bonchev–Trinajstić information content (AvgIpc) is 2.79. The summed E-state index contributed by atoms with van der Waals surface area (Å²) in [5.41, 5.74) is 7.19. The Kier molecular flexibility index (Phi) is 3.62. The molecule has 94 valence electrons. The Balaban J connectivity index is 2.28. The number of anilines is 2. The minimum Gasteiger partial charge on any atom is -0.399 e. The molecule has 1 amide bonds. The zero-order chi connectivity index (χ0) is 13.1. The van der Waals surface area contributed by atoms with Crippen molar-refractivity contribution in [3.63, 3.8) is 0 Å². The molecule has 0 bridgehead atoms. The van der Waals surface area contributed by atoms with Gasteiger partial charge in [-0.15, -0.1) is 11.3 Å². The number of hydrogen-bond acceptors (Lipinski definition) is 4. The van der Waals surface area contributed by atoms with Gasteiger partial charge < -0.3 is 10.6 Å². The highest BCUT2D eigenvalue weighted by molar-refractivity contribution is 7.13. The second-order valence-corrected chi connectivity index (χ2v) is 5.12. The largest absolute Gasteiger partial charge is 0.399 e. The number of nitrogen functional groups attached to an aromatic ring is 1. The molecule has 0 saturated heterocycles. The first-order valence-corrected chi connectivity index (χ1v) is 6.53. The number of carbonyl (C=O) groups excluding carboxylic acids is 1. The van der Waals surface area contributed by atoms with Gasteiger partial charge >= 0.3 is 0 Å². The van der Waals surface area contributed by atoms with E-state index in [0.29, 0.717) is 17.1 Å². The van der Waals surface area contributed by atoms with Gasteiger partial charge in [-0.3, -0.25) is 4.79 Å². The fraction of sp³-hybridized carbons (Fsp3) is 0.231. The van der Waals surface area contributed by atoms with Crippen LogP contribution in [0.2, 0.25) is 0 Å². The van der Waals surface area contributed by atoms with Gasteiger partial charge in [0.2, 0.25) is 0 Å². The van der Waals surface area contributed by atoms with Gasteiger partial charge in [0, 0.05) is 17.9 Å². The molecule has 1 aromatic carbocycles. The maximum absolute atomic E-state index is 12.3. The normalized spacial score (nSPS) is 10.3. The number of thiazole rings is 1. The van der Waals surface area contributed by atoms with Crippen LogP contribution in [0.25, 0.3) is 0 Å². The zero-order valence-corrected chi connectivity index (χ0v) is 11.2. The van der Waals surface area contributed by atoms with E-state index in [4.69, 9.17) is 5.73 Å². The van der Waals surface area contributed by atoms with Gasteiger partial charge in [-0.05, 0) is 38.1 Å². The highest BCUT2D eigenvalue weighted by atomic mass is 32.1. The summed E-state index contributed by atoms with van der Waals surface area (Å²) in [7, 11) is 0. The van der Waals surface area contributed by atoms with Crippen LogP contribution in [0.15, 0.2) is 30.5 Å². The summed E-state index contributed by atoms with van der Waals surface area (Å²) in [6.07, 6.45) is 1.63. The third-order valence-corrected chi connectivity index (χ3v) is 3.50. The molecule has 18 heavy (non-hydrogen) atoms. The second kappa shape index (κ2) is 5.18. The molecule has 2 N–H and O–H groups in total. The molecule has 0 aliphatic carbocycles. The van der Waals surface area contributed by atoms with Crippen molar-refractivity contribution < 1.29 is 4.79 Å². The van der Waals surface area contributed by atoms with E-state index in [1.54, 1.807) is 23.2 Å². The lowest BCUT2D eigenvalue weighted by Crippen LogP contribution is -2.29. The van der Waals surface area contributed by atoms with Gasteiger partial charge in [0.25, 0.3) is 5.91 Å². The third-order valence-electron chi connectivity index (χ3n) is 2.60. The predicted octanol–water partition coefficient (Wildman–Crippen LogP) is 2.70. The summed E-state index contributed by atoms with van der Waals surface area (Å²) < 4.78 is 0. The van der Waals surface area contributed by atoms with Gasteiger partial charge in [-0.2, -0.15) is 0 Å². The average molecular weight is 261 g/mol. The highest BCUT2D eigenvalue weighted by Gasteiger charge is 2.17. The summed E-state index contributed by atoms with van der Waals surface area (Å²) in [6, 6.07) is 7.29. The Bertz CT molecular complexity index is 548. The van der Waals surface area contributed by atoms with Crippen molar-refractivity contribution in [2.75, 3.05) is 17.2 Å². The van der Waals surface area contributed by atoms with E-state index in [-0.39, 0.29) is 5.91 Å². The SMILES string of the molecule is CCN(C(=O)c1cnc(C)s1)c1ccc(N)cc1. The van der Waals surface area contributed by atoms with Gasteiger partial charge in [0.05, 0.1) is 11.2 Å². The number of benzene rings is 1. The molecular weight excluding hydrogens is 246 g/mol. The van der Waals surface area contributed by atoms with Crippen molar-refractivity contribution in [1.82, 2.24) is 4.98 Å². The van der Waals surface area contributed by atoms with E-state index in [2.05, 4.69) is 4.98 Å². The van der Waals surface area contributed by atoms with Crippen LogP contribution < -0.4 is 10.6 Å². The third kappa shape index (κ3) is 2.51. The van der Waals surface area contributed by atoms with Crippen LogP contribution in [0, 0.1) is 6.92 Å². The molecule has 0 aliphatic heterocycles. The fourth-order valence-electron chi connectivity index (χ4n) is 1.69. The number of amides is 1. The van der Waals surface area contributed by atoms with E-state index < -0.39 is 0 Å². The number of aryl methyl sites for hydroxylation is 1. The van der Waals surface area contributed by atoms with Gasteiger partial charge in [-0.1, -0.05) is 0 Å². The summed E-state index contributed by atoms with van der Waals surface area (Å²) in [6.45, 7) is 4.45. The van der Waals surface area contributed by atoms with Crippen molar-refractivity contribution in [1.29, 1.82) is 0 Å². The fourth-order valence-corrected chi connectivity index (χ4v) is 2.42. The Hall–Kier alpha value is -1.88. The van der Waals surface area contributed by atoms with Crippen molar-refractivity contribution in [2.24, 2.45) is 0 Å². The highest BCUT2D eigenvalue weighted by Crippen LogP contribution is 2.21. The monoisotopic (exact) mass is 261 g/mol. The van der Waals surface area contributed by atoms with E-state index in [0.717, 1.165) is 10.7 Å². The van der Waals surface area contributed by atoms with Crippen LogP contribution in [0.5, 0.6) is 0 Å². The molecular formula is C13H15N3OS. The van der Waals surface area contributed by atoms with Crippen LogP contribution in [-0.4, -0.2) is 17.4 Å². The molecule has 2 rings (SSSR count). The number of rotatable bonds is 3. The molecule has 2 aromatic rings. The molecule has 0 aliphatic rings. The zero-order valence-electron chi connectivity index (χ0n) is 10.4. The van der Waals surface area contributed by atoms with Crippen molar-refractivity contribution in [3.8, 4) is 0 Å². The summed E-state index contributed by atoms with van der Waals surface area (Å²) in [5, 5.41) is 0.895. The Morgan fingerprint density at radius 3 is 2.56 bits per heavy atom. The number of nitrogens with zero attached hydrogens (tertiary/aromatic N) is 2. The number of aromatic nitrogens is 1. The first kappa shape index (κ1) is 12.6. The van der Waals surface area contributed by atoms with Crippen molar-refractivity contribution in [3.05, 3.63) is 40.3 Å². The summed E-state index contributed by atoms with van der Waals surface area (Å²) >= 11 is 1.41. The number of nitrogens with two attached hydrogens (primary N) is 1. The molecule has 1 aromatic heterocycles. The maximum atomic E-state index is 12.3. The minimum absolute atomic E-state index is 0.0205. The molecule has 4 nitrogen and oxygen atoms in total. The lowest BCUT2D eigenvalue weighted by atomic mass is 10.2. The molecule has 1 heterocycles. The Morgan fingerprint density at radius 1 is 1.39 bits per heavy atom. The number of hydrogen-bond donors (Lipinski definition) is 1. The van der Waals surface area contributed by atoms with Crippen LogP contribution in [0.4, 0.5) is 11.4 Å². The summed E-state index contributed by atoms with van der Waals surface area (Å²) in [5.74, 6) is -0.0205. The van der Waals surface area contributed by atoms with Gasteiger partial charge in [0.15, 0.2) is 0 Å². The standard InChI is InChI=1S/C13H15N3OS/c1-3-16(11-6-4-10(14)5-7-11)13(17)12-8-15-9(2)18-12/h4-8H,3,14H2,1-2H3. The Morgan fingerprint density at radius 2 is 2.06 bits per heavy atom. The predicted molar refractivity (Wildman–Crippen MR) is 75.1 cm³/mol. The van der Waals surface area contributed by atoms with Crippen molar-refractivity contribution in [2.45, 2.75) is 13.8 Å². The molecule has 0 atom stereocenters. The number of carbonyl (C=O) groups is 1. The lowest BCUT2D eigenvalue weighted by molar-refractivity contribution is 0.0992. The molecule has 0 spiro atoms. The lowest BCUT2D eigenvalue weighted by Gasteiger charge is -2.20. The van der Waals surface area contributed by atoms with Crippen LogP contribution in [0.3, 0.4) is 0 Å². The Labute approximate surface area is 110 Å². The van der Waals surface area contributed by atoms with Crippen LogP contribution >= 0.6 is 11.3 Å². The molecule has 0 radical (unpaired) electrons. The molecule has 0 saturated carbocycles. The first-order chi connectivity index (χ1) is 8.61. The minimum atomic E-state index is -0.0205. The molecule has 0 fully saturated rings. The van der Waals surface area contributed by atoms with Crippen LogP contribution in [-0.2, 0) is 0 Å².